The van der Waals surface area contributed by atoms with Crippen LogP contribution in [0.3, 0.4) is 0 Å². The summed E-state index contributed by atoms with van der Waals surface area (Å²) in [7, 11) is -3.73. The molecule has 0 unspecified atom stereocenters. The third-order valence-electron chi connectivity index (χ3n) is 3.66. The number of nitrogens with one attached hydrogen (secondary N) is 2. The van der Waals surface area contributed by atoms with Crippen LogP contribution in [0.1, 0.15) is 26.3 Å². The van der Waals surface area contributed by atoms with Crippen molar-refractivity contribution in [2.24, 2.45) is 0 Å². The first-order valence-electron chi connectivity index (χ1n) is 7.98. The number of carbonyl (C=O) groups excluding carboxylic acids is 1. The Kier molecular flexibility index (Phi) is 7.00. The number of amides is 1. The van der Waals surface area contributed by atoms with E-state index in [1.54, 1.807) is 13.0 Å². The number of hydrogen-bond acceptors (Lipinski definition) is 5. The number of anilines is 1. The van der Waals surface area contributed by atoms with Crippen molar-refractivity contribution in [3.63, 3.8) is 0 Å². The lowest BCUT2D eigenvalue weighted by molar-refractivity contribution is 0.0698. The SMILES string of the molecule is CSCCNS(=O)(=O)c1cccc(C(=O)Nc2ccc(C)cc2C(=O)O)c1. The van der Waals surface area contributed by atoms with Gasteiger partial charge >= 0.3 is 5.97 Å². The van der Waals surface area contributed by atoms with E-state index >= 15 is 0 Å². The fraction of sp³-hybridized carbons (Fsp3) is 0.222. The molecule has 2 aromatic rings. The van der Waals surface area contributed by atoms with Gasteiger partial charge in [-0.15, -0.1) is 0 Å². The zero-order chi connectivity index (χ0) is 20.0. The van der Waals surface area contributed by atoms with Gasteiger partial charge in [-0.3, -0.25) is 4.79 Å². The summed E-state index contributed by atoms with van der Waals surface area (Å²) < 4.78 is 27.0. The average Bonchev–Trinajstić information content (AvgIpc) is 2.63. The molecule has 0 atom stereocenters. The molecule has 144 valence electrons. The molecule has 0 aliphatic rings. The fourth-order valence-corrected chi connectivity index (χ4v) is 3.82. The third kappa shape index (κ3) is 5.56. The normalized spacial score (nSPS) is 11.2. The molecule has 0 aliphatic heterocycles. The van der Waals surface area contributed by atoms with Crippen LogP contribution in [0.4, 0.5) is 5.69 Å². The highest BCUT2D eigenvalue weighted by atomic mass is 32.2. The van der Waals surface area contributed by atoms with Crippen LogP contribution in [0.25, 0.3) is 0 Å². The summed E-state index contributed by atoms with van der Waals surface area (Å²) in [6.45, 7) is 2.03. The van der Waals surface area contributed by atoms with E-state index in [0.717, 1.165) is 5.56 Å². The molecule has 0 fully saturated rings. The first-order valence-corrected chi connectivity index (χ1v) is 10.9. The van der Waals surface area contributed by atoms with E-state index < -0.39 is 21.9 Å². The number of carboxylic acids is 1. The summed E-state index contributed by atoms with van der Waals surface area (Å²) in [5.74, 6) is -1.13. The second-order valence-electron chi connectivity index (χ2n) is 5.73. The Morgan fingerprint density at radius 1 is 1.15 bits per heavy atom. The van der Waals surface area contributed by atoms with E-state index in [0.29, 0.717) is 5.75 Å². The first-order chi connectivity index (χ1) is 12.7. The first kappa shape index (κ1) is 20.9. The number of thioether (sulfide) groups is 1. The molecule has 1 amide bonds. The van der Waals surface area contributed by atoms with Gasteiger partial charge in [0.15, 0.2) is 0 Å². The van der Waals surface area contributed by atoms with Crippen molar-refractivity contribution in [2.75, 3.05) is 23.9 Å². The molecule has 7 nitrogen and oxygen atoms in total. The number of sulfonamides is 1. The van der Waals surface area contributed by atoms with Crippen molar-refractivity contribution < 1.29 is 23.1 Å². The smallest absolute Gasteiger partial charge is 0.337 e. The molecule has 0 aromatic heterocycles. The molecule has 0 radical (unpaired) electrons. The van der Waals surface area contributed by atoms with Crippen molar-refractivity contribution in [2.45, 2.75) is 11.8 Å². The largest absolute Gasteiger partial charge is 0.478 e. The molecule has 0 saturated carbocycles. The molecule has 27 heavy (non-hydrogen) atoms. The minimum atomic E-state index is -3.73. The van der Waals surface area contributed by atoms with Crippen LogP contribution in [0.2, 0.25) is 0 Å². The summed E-state index contributed by atoms with van der Waals surface area (Å²) in [5, 5.41) is 11.8. The second-order valence-corrected chi connectivity index (χ2v) is 8.48. The number of rotatable bonds is 8. The maximum Gasteiger partial charge on any atom is 0.337 e. The van der Waals surface area contributed by atoms with Crippen molar-refractivity contribution >= 4 is 39.3 Å². The van der Waals surface area contributed by atoms with Crippen LogP contribution in [0, 0.1) is 6.92 Å². The highest BCUT2D eigenvalue weighted by Gasteiger charge is 2.17. The standard InChI is InChI=1S/C18H20N2O5S2/c1-12-6-7-16(15(10-12)18(22)23)20-17(21)13-4-3-5-14(11-13)27(24,25)19-8-9-26-2/h3-7,10-11,19H,8-9H2,1-2H3,(H,20,21)(H,22,23). The van der Waals surface area contributed by atoms with Crippen molar-refractivity contribution in [3.8, 4) is 0 Å². The van der Waals surface area contributed by atoms with Crippen LogP contribution in [-0.4, -0.2) is 44.0 Å². The summed E-state index contributed by atoms with van der Waals surface area (Å²) in [6.07, 6.45) is 1.87. The van der Waals surface area contributed by atoms with Gasteiger partial charge in [-0.05, 0) is 43.5 Å². The molecule has 0 spiro atoms. The van der Waals surface area contributed by atoms with Crippen molar-refractivity contribution in [1.82, 2.24) is 4.72 Å². The number of carbonyl (C=O) groups is 2. The monoisotopic (exact) mass is 408 g/mol. The predicted octanol–water partition coefficient (Wildman–Crippen LogP) is 2.59. The van der Waals surface area contributed by atoms with E-state index in [1.807, 2.05) is 6.26 Å². The minimum Gasteiger partial charge on any atom is -0.478 e. The van der Waals surface area contributed by atoms with E-state index in [2.05, 4.69) is 10.0 Å². The van der Waals surface area contributed by atoms with Gasteiger partial charge in [0.05, 0.1) is 16.1 Å². The fourth-order valence-electron chi connectivity index (χ4n) is 2.30. The van der Waals surface area contributed by atoms with Gasteiger partial charge < -0.3 is 10.4 Å². The summed E-state index contributed by atoms with van der Waals surface area (Å²) in [6, 6.07) is 10.2. The Morgan fingerprint density at radius 2 is 1.89 bits per heavy atom. The maximum absolute atomic E-state index is 12.5. The number of benzene rings is 2. The quantitative estimate of drug-likeness (QED) is 0.579. The van der Waals surface area contributed by atoms with Gasteiger partial charge in [-0.2, -0.15) is 11.8 Å². The third-order valence-corrected chi connectivity index (χ3v) is 5.73. The molecule has 0 bridgehead atoms. The van der Waals surface area contributed by atoms with Crippen LogP contribution in [-0.2, 0) is 10.0 Å². The van der Waals surface area contributed by atoms with E-state index in [-0.39, 0.29) is 28.3 Å². The lowest BCUT2D eigenvalue weighted by Gasteiger charge is -2.11. The maximum atomic E-state index is 12.5. The Hall–Kier alpha value is -2.36. The highest BCUT2D eigenvalue weighted by Crippen LogP contribution is 2.19. The zero-order valence-corrected chi connectivity index (χ0v) is 16.5. The second kappa shape index (κ2) is 9.03. The zero-order valence-electron chi connectivity index (χ0n) is 14.9. The van der Waals surface area contributed by atoms with Gasteiger partial charge in [-0.25, -0.2) is 17.9 Å². The van der Waals surface area contributed by atoms with E-state index in [1.165, 1.54) is 48.2 Å². The minimum absolute atomic E-state index is 0.0291. The molecule has 0 heterocycles. The van der Waals surface area contributed by atoms with Gasteiger partial charge in [-0.1, -0.05) is 17.7 Å². The van der Waals surface area contributed by atoms with Crippen molar-refractivity contribution in [3.05, 3.63) is 59.2 Å². The molecular weight excluding hydrogens is 388 g/mol. The number of aryl methyl sites for hydroxylation is 1. The summed E-state index contributed by atoms with van der Waals surface area (Å²) >= 11 is 1.51. The molecule has 0 saturated heterocycles. The van der Waals surface area contributed by atoms with Gasteiger partial charge in [0.2, 0.25) is 10.0 Å². The Morgan fingerprint density at radius 3 is 2.56 bits per heavy atom. The molecule has 3 N–H and O–H groups in total. The Bertz CT molecular complexity index is 958. The van der Waals surface area contributed by atoms with Crippen molar-refractivity contribution in [1.29, 1.82) is 0 Å². The highest BCUT2D eigenvalue weighted by molar-refractivity contribution is 7.98. The predicted molar refractivity (Wildman–Crippen MR) is 106 cm³/mol. The number of hydrogen-bond donors (Lipinski definition) is 3. The summed E-state index contributed by atoms with van der Waals surface area (Å²) in [5.41, 5.74) is 0.963. The molecule has 2 rings (SSSR count). The Balaban J connectivity index is 2.25. The summed E-state index contributed by atoms with van der Waals surface area (Å²) in [4.78, 5) is 23.8. The van der Waals surface area contributed by atoms with Crippen LogP contribution in [0.5, 0.6) is 0 Å². The van der Waals surface area contributed by atoms with Crippen LogP contribution >= 0.6 is 11.8 Å². The average molecular weight is 409 g/mol. The molecule has 0 aliphatic carbocycles. The van der Waals surface area contributed by atoms with Crippen LogP contribution in [0.15, 0.2) is 47.4 Å². The topological polar surface area (TPSA) is 113 Å². The van der Waals surface area contributed by atoms with Crippen LogP contribution < -0.4 is 10.0 Å². The molecule has 9 heteroatoms. The van der Waals surface area contributed by atoms with Gasteiger partial charge in [0.1, 0.15) is 0 Å². The van der Waals surface area contributed by atoms with E-state index in [4.69, 9.17) is 0 Å². The number of carboxylic acid groups (broad SMARTS) is 1. The molecule has 2 aromatic carbocycles. The van der Waals surface area contributed by atoms with E-state index in [9.17, 15) is 23.1 Å². The van der Waals surface area contributed by atoms with Gasteiger partial charge in [0, 0.05) is 17.9 Å². The van der Waals surface area contributed by atoms with Gasteiger partial charge in [0.25, 0.3) is 5.91 Å². The lowest BCUT2D eigenvalue weighted by Crippen LogP contribution is -2.26. The number of aromatic carboxylic acids is 1. The lowest BCUT2D eigenvalue weighted by atomic mass is 10.1. The Labute approximate surface area is 162 Å². The molecular formula is C18H20N2O5S2.